The lowest BCUT2D eigenvalue weighted by atomic mass is 9.97. The van der Waals surface area contributed by atoms with E-state index in [2.05, 4.69) is 10.0 Å². The molecule has 2 heterocycles. The SMILES string of the molecule is CCOC(=O)C1=CNC2=C(C(=O)NS(=O)(=O)c3ccc(C)cc3)CCC(C)N2C1=O. The molecule has 160 valence electrons. The maximum Gasteiger partial charge on any atom is 0.345 e. The Morgan fingerprint density at radius 1 is 1.27 bits per heavy atom. The molecule has 1 atom stereocenters. The Kier molecular flexibility index (Phi) is 5.97. The van der Waals surface area contributed by atoms with Crippen LogP contribution in [0.2, 0.25) is 0 Å². The third-order valence-corrected chi connectivity index (χ3v) is 6.26. The molecule has 0 fully saturated rings. The zero-order valence-electron chi connectivity index (χ0n) is 16.9. The van der Waals surface area contributed by atoms with Crippen molar-refractivity contribution in [3.63, 3.8) is 0 Å². The smallest absolute Gasteiger partial charge is 0.345 e. The monoisotopic (exact) mass is 433 g/mol. The van der Waals surface area contributed by atoms with E-state index in [-0.39, 0.29) is 40.9 Å². The summed E-state index contributed by atoms with van der Waals surface area (Å²) in [7, 11) is -4.08. The molecule has 0 radical (unpaired) electrons. The molecule has 30 heavy (non-hydrogen) atoms. The average Bonchev–Trinajstić information content (AvgIpc) is 2.68. The van der Waals surface area contributed by atoms with Crippen LogP contribution in [0.1, 0.15) is 32.3 Å². The number of hydrogen-bond donors (Lipinski definition) is 2. The van der Waals surface area contributed by atoms with Crippen LogP contribution in [0.5, 0.6) is 0 Å². The van der Waals surface area contributed by atoms with Crippen molar-refractivity contribution in [3.8, 4) is 0 Å². The summed E-state index contributed by atoms with van der Waals surface area (Å²) in [6.45, 7) is 5.35. The van der Waals surface area contributed by atoms with Crippen molar-refractivity contribution in [2.45, 2.75) is 44.6 Å². The van der Waals surface area contributed by atoms with Gasteiger partial charge in [0.05, 0.1) is 17.1 Å². The normalized spacial score (nSPS) is 18.9. The quantitative estimate of drug-likeness (QED) is 0.526. The molecule has 3 rings (SSSR count). The number of fused-ring (bicyclic) bond motifs is 1. The van der Waals surface area contributed by atoms with Crippen LogP contribution in [-0.2, 0) is 29.1 Å². The summed E-state index contributed by atoms with van der Waals surface area (Å²) < 4.78 is 32.1. The van der Waals surface area contributed by atoms with E-state index in [9.17, 15) is 22.8 Å². The lowest BCUT2D eigenvalue weighted by Gasteiger charge is -2.39. The molecule has 0 spiro atoms. The van der Waals surface area contributed by atoms with Gasteiger partial charge in [-0.15, -0.1) is 0 Å². The third-order valence-electron chi connectivity index (χ3n) is 4.91. The number of carbonyl (C=O) groups is 3. The average molecular weight is 433 g/mol. The fourth-order valence-electron chi connectivity index (χ4n) is 3.29. The highest BCUT2D eigenvalue weighted by molar-refractivity contribution is 7.90. The number of nitrogens with zero attached hydrogens (tertiary/aromatic N) is 1. The summed E-state index contributed by atoms with van der Waals surface area (Å²) in [6, 6.07) is 5.80. The topological polar surface area (TPSA) is 122 Å². The minimum atomic E-state index is -4.08. The van der Waals surface area contributed by atoms with Crippen molar-refractivity contribution >= 4 is 27.8 Å². The van der Waals surface area contributed by atoms with E-state index < -0.39 is 27.8 Å². The zero-order chi connectivity index (χ0) is 22.1. The minimum absolute atomic E-state index is 0.0368. The summed E-state index contributed by atoms with van der Waals surface area (Å²) in [5.74, 6) is -2.01. The van der Waals surface area contributed by atoms with E-state index >= 15 is 0 Å². The van der Waals surface area contributed by atoms with Crippen molar-refractivity contribution in [1.29, 1.82) is 0 Å². The highest BCUT2D eigenvalue weighted by Gasteiger charge is 2.39. The molecule has 1 aromatic rings. The maximum atomic E-state index is 12.8. The van der Waals surface area contributed by atoms with E-state index in [4.69, 9.17) is 4.74 Å². The van der Waals surface area contributed by atoms with Crippen LogP contribution in [0.3, 0.4) is 0 Å². The van der Waals surface area contributed by atoms with Crippen LogP contribution in [0, 0.1) is 6.92 Å². The van der Waals surface area contributed by atoms with Gasteiger partial charge in [-0.05, 0) is 45.7 Å². The molecule has 9 nitrogen and oxygen atoms in total. The third kappa shape index (κ3) is 4.09. The van der Waals surface area contributed by atoms with E-state index in [0.29, 0.717) is 6.42 Å². The molecule has 1 unspecified atom stereocenters. The number of sulfonamides is 1. The van der Waals surface area contributed by atoms with Gasteiger partial charge in [0, 0.05) is 12.2 Å². The fourth-order valence-corrected chi connectivity index (χ4v) is 4.27. The van der Waals surface area contributed by atoms with Gasteiger partial charge in [0.15, 0.2) is 0 Å². The van der Waals surface area contributed by atoms with Gasteiger partial charge in [-0.3, -0.25) is 14.5 Å². The predicted octanol–water partition coefficient (Wildman–Crippen LogP) is 1.07. The van der Waals surface area contributed by atoms with Gasteiger partial charge in [-0.1, -0.05) is 17.7 Å². The van der Waals surface area contributed by atoms with Crippen molar-refractivity contribution in [2.75, 3.05) is 6.61 Å². The standard InChI is InChI=1S/C20H23N3O6S/c1-4-29-20(26)16-11-21-17-15(10-7-13(3)23(17)19(16)25)18(24)22-30(27,28)14-8-5-12(2)6-9-14/h5-6,8-9,11,13,21H,4,7,10H2,1-3H3,(H,22,24). The number of amides is 2. The molecule has 10 heteroatoms. The molecule has 0 aromatic heterocycles. The van der Waals surface area contributed by atoms with Gasteiger partial charge in [-0.25, -0.2) is 17.9 Å². The van der Waals surface area contributed by atoms with Gasteiger partial charge >= 0.3 is 5.97 Å². The van der Waals surface area contributed by atoms with Gasteiger partial charge in [0.1, 0.15) is 11.4 Å². The molecular weight excluding hydrogens is 410 g/mol. The van der Waals surface area contributed by atoms with E-state index in [1.54, 1.807) is 26.0 Å². The Morgan fingerprint density at radius 3 is 2.57 bits per heavy atom. The number of aryl methyl sites for hydroxylation is 1. The molecule has 0 aliphatic carbocycles. The molecule has 2 N–H and O–H groups in total. The Labute approximate surface area is 174 Å². The Balaban J connectivity index is 1.91. The second kappa shape index (κ2) is 8.31. The number of ether oxygens (including phenoxy) is 1. The summed E-state index contributed by atoms with van der Waals surface area (Å²) in [4.78, 5) is 38.9. The predicted molar refractivity (Wildman–Crippen MR) is 107 cm³/mol. The highest BCUT2D eigenvalue weighted by atomic mass is 32.2. The summed E-state index contributed by atoms with van der Waals surface area (Å²) in [5, 5.41) is 2.80. The second-order valence-electron chi connectivity index (χ2n) is 7.06. The fraction of sp³-hybridized carbons (Fsp3) is 0.350. The molecule has 0 bridgehead atoms. The van der Waals surface area contributed by atoms with Crippen molar-refractivity contribution in [3.05, 3.63) is 53.0 Å². The van der Waals surface area contributed by atoms with Gasteiger partial charge in [0.25, 0.3) is 21.8 Å². The molecular formula is C20H23N3O6S. The number of hydrogen-bond acceptors (Lipinski definition) is 7. The highest BCUT2D eigenvalue weighted by Crippen LogP contribution is 2.30. The van der Waals surface area contributed by atoms with Crippen LogP contribution in [0.15, 0.2) is 52.3 Å². The largest absolute Gasteiger partial charge is 0.462 e. The van der Waals surface area contributed by atoms with Crippen LogP contribution in [0.25, 0.3) is 0 Å². The lowest BCUT2D eigenvalue weighted by molar-refractivity contribution is -0.142. The van der Waals surface area contributed by atoms with Crippen LogP contribution < -0.4 is 10.0 Å². The first-order valence-electron chi connectivity index (χ1n) is 9.50. The molecule has 0 saturated carbocycles. The Morgan fingerprint density at radius 2 is 1.93 bits per heavy atom. The van der Waals surface area contributed by atoms with Crippen molar-refractivity contribution in [1.82, 2.24) is 14.9 Å². The van der Waals surface area contributed by atoms with E-state index in [0.717, 1.165) is 5.56 Å². The first-order chi connectivity index (χ1) is 14.2. The lowest BCUT2D eigenvalue weighted by Crippen LogP contribution is -2.51. The van der Waals surface area contributed by atoms with Crippen molar-refractivity contribution in [2.24, 2.45) is 0 Å². The Hall–Kier alpha value is -3.14. The number of carbonyl (C=O) groups excluding carboxylic acids is 3. The number of nitrogens with one attached hydrogen (secondary N) is 2. The van der Waals surface area contributed by atoms with E-state index in [1.807, 2.05) is 6.92 Å². The molecule has 0 saturated heterocycles. The second-order valence-corrected chi connectivity index (χ2v) is 8.74. The number of esters is 1. The summed E-state index contributed by atoms with van der Waals surface area (Å²) in [6.07, 6.45) is 1.89. The van der Waals surface area contributed by atoms with Crippen LogP contribution in [0.4, 0.5) is 0 Å². The molecule has 1 aromatic carbocycles. The van der Waals surface area contributed by atoms with Gasteiger partial charge in [0.2, 0.25) is 0 Å². The van der Waals surface area contributed by atoms with Gasteiger partial charge in [-0.2, -0.15) is 0 Å². The maximum absolute atomic E-state index is 12.8. The van der Waals surface area contributed by atoms with Crippen molar-refractivity contribution < 1.29 is 27.5 Å². The Bertz CT molecular complexity index is 1060. The van der Waals surface area contributed by atoms with Crippen LogP contribution >= 0.6 is 0 Å². The first kappa shape index (κ1) is 21.6. The van der Waals surface area contributed by atoms with Crippen LogP contribution in [-0.4, -0.2) is 43.8 Å². The summed E-state index contributed by atoms with van der Waals surface area (Å²) in [5.41, 5.74) is 0.828. The molecule has 2 aliphatic rings. The molecule has 2 aliphatic heterocycles. The zero-order valence-corrected chi connectivity index (χ0v) is 17.7. The first-order valence-corrected chi connectivity index (χ1v) is 11.0. The molecule has 2 amide bonds. The van der Waals surface area contributed by atoms with E-state index in [1.165, 1.54) is 23.2 Å². The summed E-state index contributed by atoms with van der Waals surface area (Å²) >= 11 is 0. The number of benzene rings is 1. The van der Waals surface area contributed by atoms with Gasteiger partial charge < -0.3 is 10.1 Å². The minimum Gasteiger partial charge on any atom is -0.462 e. The number of rotatable bonds is 5.